The predicted octanol–water partition coefficient (Wildman–Crippen LogP) is 2.64. The maximum Gasteiger partial charge on any atom is 0.258 e. The number of nitrogens with zero attached hydrogens (tertiary/aromatic N) is 1. The third-order valence-electron chi connectivity index (χ3n) is 3.35. The van der Waals surface area contributed by atoms with Gasteiger partial charge in [-0.25, -0.2) is 17.1 Å². The number of hydrogen-bond acceptors (Lipinski definition) is 3. The summed E-state index contributed by atoms with van der Waals surface area (Å²) in [5.74, 6) is -1.48. The number of sulfonamides is 1. The molecule has 5 nitrogen and oxygen atoms in total. The van der Waals surface area contributed by atoms with Gasteiger partial charge in [0.15, 0.2) is 0 Å². The van der Waals surface area contributed by atoms with Crippen molar-refractivity contribution in [2.24, 2.45) is 0 Å². The number of amides is 1. The summed E-state index contributed by atoms with van der Waals surface area (Å²) < 4.78 is 39.2. The minimum atomic E-state index is -3.74. The van der Waals surface area contributed by atoms with Crippen molar-refractivity contribution in [2.75, 3.05) is 19.4 Å². The summed E-state index contributed by atoms with van der Waals surface area (Å²) in [6, 6.07) is 10.2. The van der Waals surface area contributed by atoms with Crippen LogP contribution in [0.15, 0.2) is 47.4 Å². The van der Waals surface area contributed by atoms with Crippen molar-refractivity contribution in [3.8, 4) is 0 Å². The average Bonchev–Trinajstić information content (AvgIpc) is 2.49. The fourth-order valence-electron chi connectivity index (χ4n) is 1.95. The molecule has 7 heteroatoms. The van der Waals surface area contributed by atoms with Gasteiger partial charge in [-0.1, -0.05) is 18.2 Å². The van der Waals surface area contributed by atoms with Gasteiger partial charge in [-0.05, 0) is 36.8 Å². The second-order valence-electron chi connectivity index (χ2n) is 5.20. The third kappa shape index (κ3) is 3.57. The van der Waals surface area contributed by atoms with Gasteiger partial charge in [0.1, 0.15) is 5.82 Å². The van der Waals surface area contributed by atoms with E-state index in [0.717, 1.165) is 28.1 Å². The molecule has 2 aromatic rings. The summed E-state index contributed by atoms with van der Waals surface area (Å²) in [4.78, 5) is 12.1. The highest BCUT2D eigenvalue weighted by Gasteiger charge is 2.21. The Hall–Kier alpha value is -2.25. The fraction of sp³-hybridized carbons (Fsp3) is 0.188. The molecule has 0 saturated heterocycles. The van der Waals surface area contributed by atoms with E-state index in [-0.39, 0.29) is 10.5 Å². The quantitative estimate of drug-likeness (QED) is 0.933. The third-order valence-corrected chi connectivity index (χ3v) is 5.17. The van der Waals surface area contributed by atoms with E-state index in [1.165, 1.54) is 14.1 Å². The first-order valence-electron chi connectivity index (χ1n) is 6.82. The summed E-state index contributed by atoms with van der Waals surface area (Å²) in [5.41, 5.74) is 1.03. The van der Waals surface area contributed by atoms with Crippen LogP contribution in [0.1, 0.15) is 15.9 Å². The van der Waals surface area contributed by atoms with Gasteiger partial charge in [0.05, 0.1) is 10.5 Å². The topological polar surface area (TPSA) is 66.5 Å². The molecular weight excluding hydrogens is 319 g/mol. The van der Waals surface area contributed by atoms with Crippen LogP contribution in [0.2, 0.25) is 0 Å². The Morgan fingerprint density at radius 2 is 1.78 bits per heavy atom. The summed E-state index contributed by atoms with van der Waals surface area (Å²) in [6.45, 7) is 1.80. The predicted molar refractivity (Wildman–Crippen MR) is 86.4 cm³/mol. The number of benzene rings is 2. The first kappa shape index (κ1) is 17.1. The van der Waals surface area contributed by atoms with Crippen molar-refractivity contribution in [3.63, 3.8) is 0 Å². The van der Waals surface area contributed by atoms with Gasteiger partial charge in [0.25, 0.3) is 5.91 Å². The fourth-order valence-corrected chi connectivity index (χ4v) is 2.88. The van der Waals surface area contributed by atoms with Crippen molar-refractivity contribution in [3.05, 3.63) is 59.4 Å². The first-order valence-corrected chi connectivity index (χ1v) is 8.26. The Bertz CT molecular complexity index is 848. The van der Waals surface area contributed by atoms with Crippen molar-refractivity contribution in [2.45, 2.75) is 11.8 Å². The van der Waals surface area contributed by atoms with E-state index >= 15 is 0 Å². The molecule has 0 saturated carbocycles. The maximum absolute atomic E-state index is 13.9. The minimum absolute atomic E-state index is 0.140. The number of carbonyl (C=O) groups is 1. The molecule has 122 valence electrons. The molecule has 0 fully saturated rings. The molecule has 2 aromatic carbocycles. The Labute approximate surface area is 134 Å². The van der Waals surface area contributed by atoms with E-state index in [2.05, 4.69) is 5.32 Å². The lowest BCUT2D eigenvalue weighted by Gasteiger charge is -2.13. The van der Waals surface area contributed by atoms with Gasteiger partial charge in [0.2, 0.25) is 10.0 Å². The Morgan fingerprint density at radius 1 is 1.13 bits per heavy atom. The molecule has 1 amide bonds. The lowest BCUT2D eigenvalue weighted by atomic mass is 10.1. The average molecular weight is 336 g/mol. The molecule has 1 N–H and O–H groups in total. The van der Waals surface area contributed by atoms with Crippen LogP contribution in [0.3, 0.4) is 0 Å². The number of aryl methyl sites for hydroxylation is 1. The zero-order valence-electron chi connectivity index (χ0n) is 13.0. The summed E-state index contributed by atoms with van der Waals surface area (Å²) in [6.07, 6.45) is 0. The molecule has 0 aliphatic heterocycles. The maximum atomic E-state index is 13.9. The number of halogens is 1. The molecule has 0 aromatic heterocycles. The van der Waals surface area contributed by atoms with E-state index in [0.29, 0.717) is 5.69 Å². The van der Waals surface area contributed by atoms with Gasteiger partial charge < -0.3 is 5.32 Å². The van der Waals surface area contributed by atoms with Gasteiger partial charge in [-0.15, -0.1) is 0 Å². The second-order valence-corrected chi connectivity index (χ2v) is 7.35. The van der Waals surface area contributed by atoms with E-state index < -0.39 is 21.7 Å². The molecule has 0 bridgehead atoms. The highest BCUT2D eigenvalue weighted by molar-refractivity contribution is 7.89. The van der Waals surface area contributed by atoms with Crippen LogP contribution in [-0.2, 0) is 10.0 Å². The number of para-hydroxylation sites is 1. The molecule has 0 atom stereocenters. The summed E-state index contributed by atoms with van der Waals surface area (Å²) >= 11 is 0. The van der Waals surface area contributed by atoms with Crippen molar-refractivity contribution in [1.82, 2.24) is 4.31 Å². The number of anilines is 1. The van der Waals surface area contributed by atoms with E-state index in [1.54, 1.807) is 25.1 Å². The molecule has 0 unspecified atom stereocenters. The Morgan fingerprint density at radius 3 is 2.39 bits per heavy atom. The molecule has 2 rings (SSSR count). The highest BCUT2D eigenvalue weighted by atomic mass is 32.2. The molecule has 0 radical (unpaired) electrons. The monoisotopic (exact) mass is 336 g/mol. The van der Waals surface area contributed by atoms with Crippen LogP contribution in [0.5, 0.6) is 0 Å². The van der Waals surface area contributed by atoms with Crippen LogP contribution in [-0.4, -0.2) is 32.7 Å². The van der Waals surface area contributed by atoms with Gasteiger partial charge in [0, 0.05) is 19.8 Å². The highest BCUT2D eigenvalue weighted by Crippen LogP contribution is 2.20. The second kappa shape index (κ2) is 6.47. The van der Waals surface area contributed by atoms with Crippen LogP contribution >= 0.6 is 0 Å². The minimum Gasteiger partial charge on any atom is -0.322 e. The standard InChI is InChI=1S/C16H17FN2O3S/c1-11-6-4-5-7-15(11)18-16(20)13-10-12(8-9-14(13)17)23(21,22)19(2)3/h4-10H,1-3H3,(H,18,20). The van der Waals surface area contributed by atoms with E-state index in [1.807, 2.05) is 6.07 Å². The Balaban J connectivity index is 2.40. The van der Waals surface area contributed by atoms with Crippen molar-refractivity contribution >= 4 is 21.6 Å². The molecule has 0 heterocycles. The lowest BCUT2D eigenvalue weighted by molar-refractivity contribution is 0.102. The molecular formula is C16H17FN2O3S. The zero-order chi connectivity index (χ0) is 17.2. The van der Waals surface area contributed by atoms with Crippen LogP contribution in [0.25, 0.3) is 0 Å². The lowest BCUT2D eigenvalue weighted by Crippen LogP contribution is -2.23. The normalized spacial score (nSPS) is 11.5. The molecule has 23 heavy (non-hydrogen) atoms. The Kier molecular flexibility index (Phi) is 4.82. The zero-order valence-corrected chi connectivity index (χ0v) is 13.8. The molecule has 0 spiro atoms. The van der Waals surface area contributed by atoms with Gasteiger partial charge >= 0.3 is 0 Å². The first-order chi connectivity index (χ1) is 10.7. The summed E-state index contributed by atoms with van der Waals surface area (Å²) in [5, 5.41) is 2.59. The van der Waals surface area contributed by atoms with Crippen LogP contribution in [0, 0.1) is 12.7 Å². The summed E-state index contributed by atoms with van der Waals surface area (Å²) in [7, 11) is -1.01. The molecule has 0 aliphatic carbocycles. The van der Waals surface area contributed by atoms with Gasteiger partial charge in [-0.2, -0.15) is 0 Å². The van der Waals surface area contributed by atoms with E-state index in [9.17, 15) is 17.6 Å². The SMILES string of the molecule is Cc1ccccc1NC(=O)c1cc(S(=O)(=O)N(C)C)ccc1F. The van der Waals surface area contributed by atoms with Crippen LogP contribution in [0.4, 0.5) is 10.1 Å². The largest absolute Gasteiger partial charge is 0.322 e. The van der Waals surface area contributed by atoms with Crippen LogP contribution < -0.4 is 5.32 Å². The number of nitrogens with one attached hydrogen (secondary N) is 1. The van der Waals surface area contributed by atoms with Crippen molar-refractivity contribution < 1.29 is 17.6 Å². The molecule has 0 aliphatic rings. The number of carbonyl (C=O) groups excluding carboxylic acids is 1. The van der Waals surface area contributed by atoms with E-state index in [4.69, 9.17) is 0 Å². The smallest absolute Gasteiger partial charge is 0.258 e. The van der Waals surface area contributed by atoms with Crippen molar-refractivity contribution in [1.29, 1.82) is 0 Å². The number of rotatable bonds is 4. The number of hydrogen-bond donors (Lipinski definition) is 1. The van der Waals surface area contributed by atoms with Gasteiger partial charge in [-0.3, -0.25) is 4.79 Å².